The highest BCUT2D eigenvalue weighted by atomic mass is 16.5. The summed E-state index contributed by atoms with van der Waals surface area (Å²) in [6, 6.07) is 26.6. The Morgan fingerprint density at radius 1 is 0.795 bits per heavy atom. The minimum Gasteiger partial charge on any atom is -0.497 e. The summed E-state index contributed by atoms with van der Waals surface area (Å²) in [5.41, 5.74) is 2.07. The second-order valence-electron chi connectivity index (χ2n) is 11.2. The molecule has 1 fully saturated rings. The number of rotatable bonds is 18. The first-order chi connectivity index (χ1) is 21.5. The maximum Gasteiger partial charge on any atom is 0.222 e. The highest BCUT2D eigenvalue weighted by Gasteiger charge is 2.38. The predicted octanol–water partition coefficient (Wildman–Crippen LogP) is 5.42. The molecular weight excluding hydrogens is 556 g/mol. The normalized spacial score (nSPS) is 16.7. The monoisotopic (exact) mass is 604 g/mol. The van der Waals surface area contributed by atoms with E-state index in [1.807, 2.05) is 78.7 Å². The lowest BCUT2D eigenvalue weighted by atomic mass is 9.80. The van der Waals surface area contributed by atoms with Gasteiger partial charge < -0.3 is 33.9 Å². The molecule has 44 heavy (non-hydrogen) atoms. The Hall–Kier alpha value is -3.43. The van der Waals surface area contributed by atoms with Gasteiger partial charge >= 0.3 is 0 Å². The van der Waals surface area contributed by atoms with E-state index in [9.17, 15) is 4.79 Å². The molecule has 3 aromatic carbocycles. The number of ether oxygens (including phenoxy) is 5. The SMILES string of the molecule is CN[C@@H]1CC(COCCOC(c2ccccc2)(c2ccc(OC)cc2)c2ccc(OC)cc2)N(C(=O)CCCCCOC)C1. The van der Waals surface area contributed by atoms with Gasteiger partial charge in [0, 0.05) is 32.7 Å². The predicted molar refractivity (Wildman–Crippen MR) is 172 cm³/mol. The zero-order chi connectivity index (χ0) is 31.2. The molecule has 0 aliphatic carbocycles. The summed E-state index contributed by atoms with van der Waals surface area (Å²) in [5.74, 6) is 1.76. The van der Waals surface area contributed by atoms with Crippen molar-refractivity contribution < 1.29 is 28.5 Å². The number of likely N-dealkylation sites (tertiary alicyclic amines) is 1. The number of methoxy groups -OCH3 is 3. The third-order valence-electron chi connectivity index (χ3n) is 8.41. The largest absolute Gasteiger partial charge is 0.497 e. The molecule has 1 heterocycles. The Kier molecular flexibility index (Phi) is 13.1. The lowest BCUT2D eigenvalue weighted by Gasteiger charge is -2.36. The van der Waals surface area contributed by atoms with Gasteiger partial charge in [-0.25, -0.2) is 0 Å². The van der Waals surface area contributed by atoms with Crippen LogP contribution in [-0.4, -0.2) is 84.2 Å². The number of amides is 1. The molecule has 1 amide bonds. The standard InChI is InChI=1S/C36H48N2O6/c1-37-31-25-32(38(26-31)35(39)13-9-6-10-22-40-2)27-43-23-24-44-36(28-11-7-5-8-12-28,29-14-18-33(41-3)19-15-29)30-16-20-34(42-4)21-17-30/h5,7-8,11-12,14-21,31-32,37H,6,9-10,13,22-27H2,1-4H3/t31-,32?/m1/s1. The summed E-state index contributed by atoms with van der Waals surface area (Å²) in [6.07, 6.45) is 4.28. The maximum atomic E-state index is 13.1. The van der Waals surface area contributed by atoms with Crippen molar-refractivity contribution in [1.29, 1.82) is 0 Å². The number of benzene rings is 3. The molecule has 4 rings (SSSR count). The molecule has 0 saturated carbocycles. The van der Waals surface area contributed by atoms with E-state index in [-0.39, 0.29) is 18.0 Å². The molecular formula is C36H48N2O6. The Labute approximate surface area is 262 Å². The molecule has 1 unspecified atom stereocenters. The number of likely N-dealkylation sites (N-methyl/N-ethyl adjacent to an activating group) is 1. The van der Waals surface area contributed by atoms with Crippen molar-refractivity contribution in [3.8, 4) is 11.5 Å². The minimum atomic E-state index is -0.890. The van der Waals surface area contributed by atoms with Gasteiger partial charge in [0.05, 0.1) is 40.1 Å². The van der Waals surface area contributed by atoms with E-state index in [2.05, 4.69) is 17.4 Å². The second-order valence-corrected chi connectivity index (χ2v) is 11.2. The van der Waals surface area contributed by atoms with Crippen molar-refractivity contribution in [2.45, 2.75) is 49.8 Å². The van der Waals surface area contributed by atoms with Crippen LogP contribution in [0.4, 0.5) is 0 Å². The fraction of sp³-hybridized carbons (Fsp3) is 0.472. The van der Waals surface area contributed by atoms with Gasteiger partial charge in [-0.2, -0.15) is 0 Å². The van der Waals surface area contributed by atoms with Crippen LogP contribution in [0.15, 0.2) is 78.9 Å². The molecule has 3 aromatic rings. The molecule has 0 aromatic heterocycles. The third kappa shape index (κ3) is 8.39. The van der Waals surface area contributed by atoms with Crippen LogP contribution in [-0.2, 0) is 24.6 Å². The van der Waals surface area contributed by atoms with Crippen LogP contribution in [0.25, 0.3) is 0 Å². The lowest BCUT2D eigenvalue weighted by molar-refractivity contribution is -0.133. The van der Waals surface area contributed by atoms with Gasteiger partial charge in [0.25, 0.3) is 0 Å². The van der Waals surface area contributed by atoms with Gasteiger partial charge in [0.1, 0.15) is 17.1 Å². The van der Waals surface area contributed by atoms with Crippen LogP contribution < -0.4 is 14.8 Å². The average molecular weight is 605 g/mol. The third-order valence-corrected chi connectivity index (χ3v) is 8.41. The molecule has 1 saturated heterocycles. The van der Waals surface area contributed by atoms with Gasteiger partial charge in [-0.3, -0.25) is 4.79 Å². The Bertz CT molecular complexity index is 1200. The number of nitrogens with zero attached hydrogens (tertiary/aromatic N) is 1. The maximum absolute atomic E-state index is 13.1. The Morgan fingerprint density at radius 2 is 1.41 bits per heavy atom. The van der Waals surface area contributed by atoms with Crippen LogP contribution in [0.5, 0.6) is 11.5 Å². The van der Waals surface area contributed by atoms with Gasteiger partial charge in [0.2, 0.25) is 5.91 Å². The Morgan fingerprint density at radius 3 is 1.98 bits per heavy atom. The fourth-order valence-electron chi connectivity index (χ4n) is 5.98. The van der Waals surface area contributed by atoms with E-state index >= 15 is 0 Å². The molecule has 8 nitrogen and oxygen atoms in total. The van der Waals surface area contributed by atoms with Crippen molar-refractivity contribution >= 4 is 5.91 Å². The topological polar surface area (TPSA) is 78.5 Å². The highest BCUT2D eigenvalue weighted by Crippen LogP contribution is 2.41. The molecule has 1 aliphatic rings. The van der Waals surface area contributed by atoms with Crippen LogP contribution in [0, 0.1) is 0 Å². The minimum absolute atomic E-state index is 0.0426. The summed E-state index contributed by atoms with van der Waals surface area (Å²) in [6.45, 7) is 2.66. The van der Waals surface area contributed by atoms with Crippen molar-refractivity contribution in [3.05, 3.63) is 95.6 Å². The van der Waals surface area contributed by atoms with E-state index in [0.717, 1.165) is 60.5 Å². The van der Waals surface area contributed by atoms with E-state index in [1.54, 1.807) is 21.3 Å². The van der Waals surface area contributed by atoms with E-state index in [0.29, 0.717) is 32.8 Å². The average Bonchev–Trinajstić information content (AvgIpc) is 3.50. The molecule has 1 aliphatic heterocycles. The van der Waals surface area contributed by atoms with Crippen LogP contribution in [0.2, 0.25) is 0 Å². The summed E-state index contributed by atoms with van der Waals surface area (Å²) < 4.78 is 29.1. The number of nitrogens with one attached hydrogen (secondary N) is 1. The number of hydrogen-bond donors (Lipinski definition) is 1. The molecule has 238 valence electrons. The number of carbonyl (C=O) groups excluding carboxylic acids is 1. The van der Waals surface area contributed by atoms with Crippen LogP contribution in [0.3, 0.4) is 0 Å². The van der Waals surface area contributed by atoms with Gasteiger partial charge in [-0.1, -0.05) is 61.0 Å². The first kappa shape index (κ1) is 33.5. The zero-order valence-corrected chi connectivity index (χ0v) is 26.6. The zero-order valence-electron chi connectivity index (χ0n) is 26.6. The summed E-state index contributed by atoms with van der Waals surface area (Å²) in [5, 5.41) is 3.35. The van der Waals surface area contributed by atoms with Crippen LogP contribution >= 0.6 is 0 Å². The molecule has 0 radical (unpaired) electrons. The highest BCUT2D eigenvalue weighted by molar-refractivity contribution is 5.77. The van der Waals surface area contributed by atoms with Crippen molar-refractivity contribution in [1.82, 2.24) is 10.2 Å². The molecule has 2 atom stereocenters. The smallest absolute Gasteiger partial charge is 0.222 e. The van der Waals surface area contributed by atoms with Crippen molar-refractivity contribution in [3.63, 3.8) is 0 Å². The first-order valence-corrected chi connectivity index (χ1v) is 15.6. The number of carbonyl (C=O) groups is 1. The molecule has 0 bridgehead atoms. The summed E-state index contributed by atoms with van der Waals surface area (Å²) >= 11 is 0. The fourth-order valence-corrected chi connectivity index (χ4v) is 5.98. The van der Waals surface area contributed by atoms with Gasteiger partial charge in [-0.05, 0) is 67.3 Å². The summed E-state index contributed by atoms with van der Waals surface area (Å²) in [7, 11) is 6.99. The van der Waals surface area contributed by atoms with Gasteiger partial charge in [-0.15, -0.1) is 0 Å². The first-order valence-electron chi connectivity index (χ1n) is 15.6. The van der Waals surface area contributed by atoms with Crippen LogP contribution in [0.1, 0.15) is 48.8 Å². The molecule has 0 spiro atoms. The van der Waals surface area contributed by atoms with Gasteiger partial charge in [0.15, 0.2) is 0 Å². The number of hydrogen-bond acceptors (Lipinski definition) is 7. The van der Waals surface area contributed by atoms with E-state index < -0.39 is 5.60 Å². The van der Waals surface area contributed by atoms with E-state index in [4.69, 9.17) is 23.7 Å². The lowest BCUT2D eigenvalue weighted by Crippen LogP contribution is -2.39. The van der Waals surface area contributed by atoms with Crippen molar-refractivity contribution in [2.24, 2.45) is 0 Å². The quantitative estimate of drug-likeness (QED) is 0.153. The molecule has 8 heteroatoms. The number of unbranched alkanes of at least 4 members (excludes halogenated alkanes) is 2. The second kappa shape index (κ2) is 17.2. The Balaban J connectivity index is 1.47. The molecule has 1 N–H and O–H groups in total. The summed E-state index contributed by atoms with van der Waals surface area (Å²) in [4.78, 5) is 15.1. The van der Waals surface area contributed by atoms with E-state index in [1.165, 1.54) is 0 Å². The van der Waals surface area contributed by atoms with Crippen molar-refractivity contribution in [2.75, 3.05) is 61.3 Å².